The maximum atomic E-state index is 13.6. The van der Waals surface area contributed by atoms with Gasteiger partial charge in [-0.1, -0.05) is 17.7 Å². The molecule has 0 aliphatic carbocycles. The summed E-state index contributed by atoms with van der Waals surface area (Å²) in [5, 5.41) is 25.2. The lowest BCUT2D eigenvalue weighted by Crippen LogP contribution is -2.03. The summed E-state index contributed by atoms with van der Waals surface area (Å²) in [6.45, 7) is 1.88. The summed E-state index contributed by atoms with van der Waals surface area (Å²) in [4.78, 5) is 10.9. The molecule has 0 spiro atoms. The number of carboxylic acids is 1. The highest BCUT2D eigenvalue weighted by atomic mass is 35.5. The Morgan fingerprint density at radius 1 is 1.44 bits per heavy atom. The van der Waals surface area contributed by atoms with E-state index in [1.807, 2.05) is 0 Å². The summed E-state index contributed by atoms with van der Waals surface area (Å²) in [5.74, 6) is -3.24. The van der Waals surface area contributed by atoms with E-state index in [2.05, 4.69) is 10.2 Å². The first-order valence-electron chi connectivity index (χ1n) is 4.97. The molecule has 0 fully saturated rings. The Balaban J connectivity index is 3.38. The van der Waals surface area contributed by atoms with Gasteiger partial charge in [0.1, 0.15) is 0 Å². The summed E-state index contributed by atoms with van der Waals surface area (Å²) in [6.07, 6.45) is 0. The topological polar surface area (TPSA) is 82.2 Å². The first kappa shape index (κ1) is 14.1. The van der Waals surface area contributed by atoms with Gasteiger partial charge in [-0.15, -0.1) is 5.11 Å². The SMILES string of the molecule is CCN=NC(C(=O)O)=C(O)c1cccc(Cl)c1F. The van der Waals surface area contributed by atoms with Crippen LogP contribution in [0.2, 0.25) is 5.02 Å². The lowest BCUT2D eigenvalue weighted by Gasteiger charge is -2.05. The zero-order valence-electron chi connectivity index (χ0n) is 9.39. The van der Waals surface area contributed by atoms with Gasteiger partial charge in [0.05, 0.1) is 17.1 Å². The number of rotatable bonds is 4. The third kappa shape index (κ3) is 3.04. The molecule has 1 aromatic rings. The summed E-state index contributed by atoms with van der Waals surface area (Å²) in [5.41, 5.74) is -1.08. The van der Waals surface area contributed by atoms with Crippen LogP contribution in [0.4, 0.5) is 4.39 Å². The minimum atomic E-state index is -1.51. The molecule has 1 aromatic carbocycles. The minimum Gasteiger partial charge on any atom is -0.505 e. The second-order valence-electron chi connectivity index (χ2n) is 3.16. The van der Waals surface area contributed by atoms with Gasteiger partial charge < -0.3 is 10.2 Å². The van der Waals surface area contributed by atoms with Crippen molar-refractivity contribution in [1.82, 2.24) is 0 Å². The maximum absolute atomic E-state index is 13.6. The van der Waals surface area contributed by atoms with Gasteiger partial charge in [-0.2, -0.15) is 5.11 Å². The van der Waals surface area contributed by atoms with Crippen LogP contribution in [0, 0.1) is 5.82 Å². The van der Waals surface area contributed by atoms with Gasteiger partial charge in [-0.3, -0.25) is 0 Å². The molecule has 0 aromatic heterocycles. The van der Waals surface area contributed by atoms with Crippen molar-refractivity contribution >= 4 is 23.3 Å². The quantitative estimate of drug-likeness (QED) is 0.501. The van der Waals surface area contributed by atoms with Crippen LogP contribution in [0.15, 0.2) is 34.1 Å². The molecule has 0 saturated heterocycles. The molecule has 0 unspecified atom stereocenters. The number of azo groups is 1. The van der Waals surface area contributed by atoms with Crippen LogP contribution in [0.5, 0.6) is 0 Å². The molecule has 0 aliphatic rings. The number of halogens is 2. The zero-order valence-corrected chi connectivity index (χ0v) is 10.1. The number of hydrogen-bond donors (Lipinski definition) is 2. The van der Waals surface area contributed by atoms with Crippen LogP contribution in [-0.2, 0) is 4.79 Å². The smallest absolute Gasteiger partial charge is 0.360 e. The fourth-order valence-electron chi connectivity index (χ4n) is 1.15. The second-order valence-corrected chi connectivity index (χ2v) is 3.57. The number of benzene rings is 1. The molecule has 1 rings (SSSR count). The maximum Gasteiger partial charge on any atom is 0.360 e. The Morgan fingerprint density at radius 3 is 2.67 bits per heavy atom. The van der Waals surface area contributed by atoms with Crippen molar-refractivity contribution in [2.75, 3.05) is 6.54 Å². The van der Waals surface area contributed by atoms with Crippen molar-refractivity contribution in [3.8, 4) is 0 Å². The van der Waals surface area contributed by atoms with E-state index in [9.17, 15) is 14.3 Å². The molecular weight excluding hydrogens is 263 g/mol. The largest absolute Gasteiger partial charge is 0.505 e. The molecule has 0 radical (unpaired) electrons. The summed E-state index contributed by atoms with van der Waals surface area (Å²) in [6, 6.07) is 3.86. The Morgan fingerprint density at radius 2 is 2.11 bits per heavy atom. The third-order valence-corrected chi connectivity index (χ3v) is 2.24. The van der Waals surface area contributed by atoms with E-state index in [0.29, 0.717) is 0 Å². The van der Waals surface area contributed by atoms with Crippen molar-refractivity contribution < 1.29 is 19.4 Å². The molecular formula is C11H10ClFN2O3. The Labute approximate surface area is 107 Å². The molecule has 0 bridgehead atoms. The van der Waals surface area contributed by atoms with Crippen LogP contribution in [0.25, 0.3) is 5.76 Å². The highest BCUT2D eigenvalue weighted by Crippen LogP contribution is 2.25. The van der Waals surface area contributed by atoms with Crippen molar-refractivity contribution in [2.45, 2.75) is 6.92 Å². The molecule has 0 heterocycles. The van der Waals surface area contributed by atoms with Gasteiger partial charge in [0, 0.05) is 0 Å². The van der Waals surface area contributed by atoms with Crippen LogP contribution in [0.1, 0.15) is 12.5 Å². The average Bonchev–Trinajstić information content (AvgIpc) is 2.32. The van der Waals surface area contributed by atoms with Gasteiger partial charge in [-0.05, 0) is 19.1 Å². The Kier molecular flexibility index (Phi) is 4.79. The van der Waals surface area contributed by atoms with Gasteiger partial charge in [0.15, 0.2) is 11.6 Å². The summed E-state index contributed by atoms with van der Waals surface area (Å²) in [7, 11) is 0. The predicted molar refractivity (Wildman–Crippen MR) is 64.0 cm³/mol. The molecule has 0 saturated carbocycles. The number of hydrogen-bond acceptors (Lipinski definition) is 4. The fraction of sp³-hybridized carbons (Fsp3) is 0.182. The minimum absolute atomic E-state index is 0.226. The predicted octanol–water partition coefficient (Wildman–Crippen LogP) is 3.26. The number of nitrogens with zero attached hydrogens (tertiary/aromatic N) is 2. The highest BCUT2D eigenvalue weighted by Gasteiger charge is 2.19. The van der Waals surface area contributed by atoms with Gasteiger partial charge >= 0.3 is 5.97 Å². The highest BCUT2D eigenvalue weighted by molar-refractivity contribution is 6.30. The van der Waals surface area contributed by atoms with E-state index >= 15 is 0 Å². The average molecular weight is 273 g/mol. The molecule has 0 aliphatic heterocycles. The first-order chi connectivity index (χ1) is 8.49. The summed E-state index contributed by atoms with van der Waals surface area (Å²) < 4.78 is 13.6. The van der Waals surface area contributed by atoms with E-state index < -0.39 is 23.2 Å². The molecule has 5 nitrogen and oxygen atoms in total. The van der Waals surface area contributed by atoms with Crippen LogP contribution >= 0.6 is 11.6 Å². The van der Waals surface area contributed by atoms with Crippen LogP contribution in [0.3, 0.4) is 0 Å². The molecule has 96 valence electrons. The lowest BCUT2D eigenvalue weighted by atomic mass is 10.1. The lowest BCUT2D eigenvalue weighted by molar-refractivity contribution is -0.132. The van der Waals surface area contributed by atoms with Gasteiger partial charge in [0.25, 0.3) is 0 Å². The first-order valence-corrected chi connectivity index (χ1v) is 5.35. The fourth-order valence-corrected chi connectivity index (χ4v) is 1.32. The van der Waals surface area contributed by atoms with E-state index in [-0.39, 0.29) is 17.1 Å². The number of carboxylic acid groups (broad SMARTS) is 1. The Hall–Kier alpha value is -1.95. The molecule has 18 heavy (non-hydrogen) atoms. The summed E-state index contributed by atoms with van der Waals surface area (Å²) >= 11 is 5.54. The molecule has 2 N–H and O–H groups in total. The third-order valence-electron chi connectivity index (χ3n) is 1.95. The van der Waals surface area contributed by atoms with Crippen molar-refractivity contribution in [3.63, 3.8) is 0 Å². The van der Waals surface area contributed by atoms with Crippen molar-refractivity contribution in [2.24, 2.45) is 10.2 Å². The van der Waals surface area contributed by atoms with Gasteiger partial charge in [-0.25, -0.2) is 9.18 Å². The zero-order chi connectivity index (χ0) is 13.7. The number of aliphatic hydroxyl groups excluding tert-OH is 1. The van der Waals surface area contributed by atoms with Crippen LogP contribution < -0.4 is 0 Å². The molecule has 0 amide bonds. The van der Waals surface area contributed by atoms with E-state index in [1.165, 1.54) is 18.2 Å². The second kappa shape index (κ2) is 6.11. The van der Waals surface area contributed by atoms with E-state index in [4.69, 9.17) is 16.7 Å². The molecule has 0 atom stereocenters. The monoisotopic (exact) mass is 272 g/mol. The Bertz CT molecular complexity index is 529. The number of aliphatic carboxylic acids is 1. The van der Waals surface area contributed by atoms with Crippen molar-refractivity contribution in [1.29, 1.82) is 0 Å². The molecule has 7 heteroatoms. The van der Waals surface area contributed by atoms with E-state index in [1.54, 1.807) is 6.92 Å². The number of carbonyl (C=O) groups is 1. The standard InChI is InChI=1S/C11H10ClFN2O3/c1-2-14-15-9(11(17)18)10(16)6-4-3-5-7(12)8(6)13/h3-5,16H,2H2,1H3,(H,17,18). The number of aliphatic hydroxyl groups is 1. The van der Waals surface area contributed by atoms with Crippen molar-refractivity contribution in [3.05, 3.63) is 40.3 Å². The van der Waals surface area contributed by atoms with Gasteiger partial charge in [0.2, 0.25) is 5.70 Å². The van der Waals surface area contributed by atoms with Crippen LogP contribution in [-0.4, -0.2) is 22.7 Å². The normalized spacial score (nSPS) is 12.6. The van der Waals surface area contributed by atoms with E-state index in [0.717, 1.165) is 0 Å².